The van der Waals surface area contributed by atoms with Crippen LogP contribution in [-0.4, -0.2) is 24.7 Å². The molecule has 0 amide bonds. The molecule has 0 radical (unpaired) electrons. The van der Waals surface area contributed by atoms with Gasteiger partial charge in [0.2, 0.25) is 0 Å². The van der Waals surface area contributed by atoms with Crippen LogP contribution in [0.25, 0.3) is 0 Å². The number of carboxylic acids is 1. The number of benzene rings is 3. The zero-order valence-corrected chi connectivity index (χ0v) is 20.7. The normalized spacial score (nSPS) is 18.1. The molecule has 4 rings (SSSR count). The summed E-state index contributed by atoms with van der Waals surface area (Å²) in [5.74, 6) is -0.205. The molecular weight excluding hydrogens is 441 g/mol. The molecule has 3 aromatic rings. The molecule has 0 fully saturated rings. The Balaban J connectivity index is 1.41. The summed E-state index contributed by atoms with van der Waals surface area (Å²) < 4.78 is 18.8. The van der Waals surface area contributed by atoms with E-state index < -0.39 is 5.97 Å². The summed E-state index contributed by atoms with van der Waals surface area (Å²) in [6.45, 7) is 4.80. The van der Waals surface area contributed by atoms with Crippen LogP contribution in [0.3, 0.4) is 0 Å². The van der Waals surface area contributed by atoms with Gasteiger partial charge >= 0.3 is 5.97 Å². The number of hydrogen-bond acceptors (Lipinski definition) is 3. The predicted octanol–water partition coefficient (Wildman–Crippen LogP) is 6.67. The predicted molar refractivity (Wildman–Crippen MR) is 137 cm³/mol. The Bertz CT molecular complexity index is 1190. The lowest BCUT2D eigenvalue weighted by molar-refractivity contribution is 0.0696. The van der Waals surface area contributed by atoms with Gasteiger partial charge in [-0.1, -0.05) is 42.5 Å². The van der Waals surface area contributed by atoms with Gasteiger partial charge in [-0.2, -0.15) is 0 Å². The Kier molecular flexibility index (Phi) is 7.86. The molecule has 1 aliphatic rings. The van der Waals surface area contributed by atoms with E-state index in [9.17, 15) is 14.3 Å². The fraction of sp³-hybridized carbons (Fsp3) is 0.367. The number of carboxylic acid groups (broad SMARTS) is 1. The molecular formula is C30H34FNO3. The van der Waals surface area contributed by atoms with Gasteiger partial charge in [-0.25, -0.2) is 9.18 Å². The minimum Gasteiger partial charge on any atom is -0.494 e. The smallest absolute Gasteiger partial charge is 0.335 e. The number of nitrogens with one attached hydrogen (secondary N) is 1. The van der Waals surface area contributed by atoms with E-state index in [4.69, 9.17) is 4.74 Å². The molecule has 4 nitrogen and oxygen atoms in total. The Hall–Kier alpha value is -3.18. The van der Waals surface area contributed by atoms with Crippen molar-refractivity contribution in [1.29, 1.82) is 0 Å². The first-order chi connectivity index (χ1) is 16.9. The third-order valence-corrected chi connectivity index (χ3v) is 7.32. The number of fused-ring (bicyclic) bond motifs is 1. The zero-order chi connectivity index (χ0) is 24.9. The second-order valence-electron chi connectivity index (χ2n) is 9.65. The number of ether oxygens (including phenoxy) is 1. The zero-order valence-electron chi connectivity index (χ0n) is 20.7. The van der Waals surface area contributed by atoms with Crippen LogP contribution in [0.1, 0.15) is 76.3 Å². The molecule has 0 spiro atoms. The van der Waals surface area contributed by atoms with E-state index in [2.05, 4.69) is 42.6 Å². The van der Waals surface area contributed by atoms with Gasteiger partial charge in [0, 0.05) is 12.0 Å². The number of hydrogen-bond donors (Lipinski definition) is 2. The van der Waals surface area contributed by atoms with E-state index >= 15 is 0 Å². The molecule has 0 aliphatic heterocycles. The van der Waals surface area contributed by atoms with Gasteiger partial charge in [0.15, 0.2) is 11.6 Å². The maximum atomic E-state index is 13.7. The number of aromatic carboxylic acids is 1. The van der Waals surface area contributed by atoms with Gasteiger partial charge in [0.25, 0.3) is 0 Å². The molecule has 35 heavy (non-hydrogen) atoms. The number of methoxy groups -OCH3 is 1. The first kappa shape index (κ1) is 24.9. The SMILES string of the molecule is COc1cc([C@@H](C)NCCC[C@H]2Cc3ccccc3C(c3ccc(C)c(C(=O)O)c3)C2)ccc1F. The van der Waals surface area contributed by atoms with Crippen LogP contribution >= 0.6 is 0 Å². The van der Waals surface area contributed by atoms with Crippen molar-refractivity contribution < 1.29 is 19.0 Å². The van der Waals surface area contributed by atoms with Crippen LogP contribution in [0.15, 0.2) is 60.7 Å². The Morgan fingerprint density at radius 3 is 2.74 bits per heavy atom. The van der Waals surface area contributed by atoms with Crippen LogP contribution < -0.4 is 10.1 Å². The third kappa shape index (κ3) is 5.73. The molecule has 184 valence electrons. The average Bonchev–Trinajstić information content (AvgIpc) is 2.86. The molecule has 0 saturated carbocycles. The number of rotatable bonds is 9. The topological polar surface area (TPSA) is 58.6 Å². The highest BCUT2D eigenvalue weighted by Crippen LogP contribution is 2.41. The molecule has 1 unspecified atom stereocenters. The quantitative estimate of drug-likeness (QED) is 0.340. The van der Waals surface area contributed by atoms with Gasteiger partial charge in [-0.3, -0.25) is 0 Å². The summed E-state index contributed by atoms with van der Waals surface area (Å²) in [5.41, 5.74) is 5.95. The highest BCUT2D eigenvalue weighted by Gasteiger charge is 2.28. The minimum atomic E-state index is -0.871. The van der Waals surface area contributed by atoms with E-state index in [1.165, 1.54) is 24.3 Å². The molecule has 1 aliphatic carbocycles. The molecule has 3 aromatic carbocycles. The van der Waals surface area contributed by atoms with Gasteiger partial charge in [-0.15, -0.1) is 0 Å². The summed E-state index contributed by atoms with van der Waals surface area (Å²) >= 11 is 0. The maximum Gasteiger partial charge on any atom is 0.335 e. The van der Waals surface area contributed by atoms with Crippen molar-refractivity contribution in [2.24, 2.45) is 5.92 Å². The van der Waals surface area contributed by atoms with Crippen molar-refractivity contribution >= 4 is 5.97 Å². The lowest BCUT2D eigenvalue weighted by atomic mass is 9.72. The lowest BCUT2D eigenvalue weighted by Gasteiger charge is -2.32. The van der Waals surface area contributed by atoms with E-state index in [-0.39, 0.29) is 23.5 Å². The minimum absolute atomic E-state index is 0.103. The van der Waals surface area contributed by atoms with Crippen molar-refractivity contribution in [3.63, 3.8) is 0 Å². The van der Waals surface area contributed by atoms with Crippen molar-refractivity contribution in [3.05, 3.63) is 99.9 Å². The van der Waals surface area contributed by atoms with Crippen molar-refractivity contribution in [2.45, 2.75) is 51.5 Å². The summed E-state index contributed by atoms with van der Waals surface area (Å²) in [6, 6.07) is 19.6. The van der Waals surface area contributed by atoms with Gasteiger partial charge in [0.05, 0.1) is 12.7 Å². The molecule has 0 aromatic heterocycles. The van der Waals surface area contributed by atoms with Gasteiger partial charge in [-0.05, 0) is 98.0 Å². The summed E-state index contributed by atoms with van der Waals surface area (Å²) in [7, 11) is 1.48. The molecule has 2 N–H and O–H groups in total. The second-order valence-corrected chi connectivity index (χ2v) is 9.65. The standard InChI is InChI=1S/C30H34FNO3/c1-19-10-11-24(17-26(19)30(33)34)27-16-21(15-23-8-4-5-9-25(23)27)7-6-14-32-20(2)22-12-13-28(31)29(18-22)35-3/h4-5,8-13,17-18,20-21,27,32H,6-7,14-16H2,1-3H3,(H,33,34)/t20-,21+,27?/m1/s1. The number of halogens is 1. The monoisotopic (exact) mass is 475 g/mol. The first-order valence-corrected chi connectivity index (χ1v) is 12.4. The highest BCUT2D eigenvalue weighted by atomic mass is 19.1. The maximum absolute atomic E-state index is 13.7. The Labute approximate surface area is 207 Å². The fourth-order valence-electron chi connectivity index (χ4n) is 5.31. The van der Waals surface area contributed by atoms with Gasteiger partial charge in [0.1, 0.15) is 0 Å². The van der Waals surface area contributed by atoms with Crippen molar-refractivity contribution in [2.75, 3.05) is 13.7 Å². The molecule has 5 heteroatoms. The number of carbonyl (C=O) groups is 1. The summed E-state index contributed by atoms with van der Waals surface area (Å²) in [4.78, 5) is 11.7. The van der Waals surface area contributed by atoms with Gasteiger partial charge < -0.3 is 15.2 Å². The molecule has 0 heterocycles. The van der Waals surface area contributed by atoms with Crippen LogP contribution in [-0.2, 0) is 6.42 Å². The summed E-state index contributed by atoms with van der Waals surface area (Å²) in [6.07, 6.45) is 4.20. The second kappa shape index (κ2) is 11.0. The van der Waals surface area contributed by atoms with E-state index in [1.807, 2.05) is 19.1 Å². The highest BCUT2D eigenvalue weighted by molar-refractivity contribution is 5.89. The lowest BCUT2D eigenvalue weighted by Crippen LogP contribution is -2.23. The van der Waals surface area contributed by atoms with Crippen LogP contribution in [0.4, 0.5) is 4.39 Å². The number of aryl methyl sites for hydroxylation is 1. The van der Waals surface area contributed by atoms with E-state index in [0.717, 1.165) is 48.9 Å². The molecule has 3 atom stereocenters. The Morgan fingerprint density at radius 1 is 1.17 bits per heavy atom. The van der Waals surface area contributed by atoms with Crippen molar-refractivity contribution in [1.82, 2.24) is 5.32 Å². The molecule has 0 saturated heterocycles. The van der Waals surface area contributed by atoms with Crippen LogP contribution in [0, 0.1) is 18.7 Å². The fourth-order valence-corrected chi connectivity index (χ4v) is 5.31. The van der Waals surface area contributed by atoms with Crippen LogP contribution in [0.5, 0.6) is 5.75 Å². The third-order valence-electron chi connectivity index (χ3n) is 7.32. The largest absolute Gasteiger partial charge is 0.494 e. The van der Waals surface area contributed by atoms with Crippen LogP contribution in [0.2, 0.25) is 0 Å². The van der Waals surface area contributed by atoms with E-state index in [1.54, 1.807) is 12.1 Å². The Morgan fingerprint density at radius 2 is 1.97 bits per heavy atom. The van der Waals surface area contributed by atoms with E-state index in [0.29, 0.717) is 11.5 Å². The van der Waals surface area contributed by atoms with Crippen molar-refractivity contribution in [3.8, 4) is 5.75 Å². The average molecular weight is 476 g/mol. The first-order valence-electron chi connectivity index (χ1n) is 12.4. The molecule has 0 bridgehead atoms. The summed E-state index contributed by atoms with van der Waals surface area (Å²) in [5, 5.41) is 13.2.